The molecule has 26 heavy (non-hydrogen) atoms. The van der Waals surface area contributed by atoms with Gasteiger partial charge in [-0.3, -0.25) is 25.2 Å². The number of likely N-dealkylation sites (tertiary alicyclic amines) is 1. The van der Waals surface area contributed by atoms with E-state index in [-0.39, 0.29) is 36.4 Å². The molecular formula is C16H18BrN3O5S. The summed E-state index contributed by atoms with van der Waals surface area (Å²) in [4.78, 5) is 37.9. The monoisotopic (exact) mass is 443 g/mol. The van der Waals surface area contributed by atoms with Crippen molar-refractivity contribution in [3.8, 4) is 0 Å². The number of benzene rings is 1. The number of halogens is 1. The van der Waals surface area contributed by atoms with Crippen LogP contribution in [0.25, 0.3) is 0 Å². The van der Waals surface area contributed by atoms with Gasteiger partial charge in [0.2, 0.25) is 11.8 Å². The Morgan fingerprint density at radius 3 is 2.46 bits per heavy atom. The Morgan fingerprint density at radius 1 is 1.15 bits per heavy atom. The van der Waals surface area contributed by atoms with Crippen LogP contribution in [0.15, 0.2) is 28.7 Å². The van der Waals surface area contributed by atoms with Gasteiger partial charge in [0.05, 0.1) is 17.4 Å². The van der Waals surface area contributed by atoms with Crippen molar-refractivity contribution in [2.45, 2.75) is 18.9 Å². The fourth-order valence-electron chi connectivity index (χ4n) is 3.18. The van der Waals surface area contributed by atoms with Gasteiger partial charge >= 0.3 is 0 Å². The molecule has 8 nitrogen and oxygen atoms in total. The number of carbonyl (C=O) groups excluding carboxylic acids is 3. The molecule has 1 aromatic carbocycles. The number of nitrogens with one attached hydrogen (secondary N) is 2. The lowest BCUT2D eigenvalue weighted by Crippen LogP contribution is -2.45. The first-order valence-electron chi connectivity index (χ1n) is 8.11. The Morgan fingerprint density at radius 2 is 1.85 bits per heavy atom. The maximum absolute atomic E-state index is 12.2. The summed E-state index contributed by atoms with van der Waals surface area (Å²) < 4.78 is 24.0. The van der Waals surface area contributed by atoms with E-state index in [9.17, 15) is 22.8 Å². The number of hydrogen-bond donors (Lipinski definition) is 2. The lowest BCUT2D eigenvalue weighted by molar-refractivity contribution is -0.130. The first-order valence-corrected chi connectivity index (χ1v) is 10.7. The Labute approximate surface area is 159 Å². The van der Waals surface area contributed by atoms with Gasteiger partial charge in [-0.25, -0.2) is 8.42 Å². The van der Waals surface area contributed by atoms with Crippen LogP contribution in [0.3, 0.4) is 0 Å². The van der Waals surface area contributed by atoms with Gasteiger partial charge in [-0.15, -0.1) is 0 Å². The molecule has 2 unspecified atom stereocenters. The predicted octanol–water partition coefficient (Wildman–Crippen LogP) is 0.246. The zero-order valence-electron chi connectivity index (χ0n) is 13.8. The Balaban J connectivity index is 1.53. The lowest BCUT2D eigenvalue weighted by Gasteiger charge is -2.22. The smallest absolute Gasteiger partial charge is 0.269 e. The molecule has 0 aliphatic carbocycles. The van der Waals surface area contributed by atoms with E-state index in [2.05, 4.69) is 26.8 Å². The molecule has 1 aromatic rings. The molecule has 3 rings (SSSR count). The zero-order valence-corrected chi connectivity index (χ0v) is 16.2. The molecule has 2 atom stereocenters. The fourth-order valence-corrected chi connectivity index (χ4v) is 5.17. The third-order valence-electron chi connectivity index (χ3n) is 4.58. The summed E-state index contributed by atoms with van der Waals surface area (Å²) >= 11 is 3.27. The van der Waals surface area contributed by atoms with Crippen LogP contribution >= 0.6 is 15.9 Å². The van der Waals surface area contributed by atoms with Crippen molar-refractivity contribution in [3.05, 3.63) is 34.3 Å². The number of hydrogen-bond acceptors (Lipinski definition) is 5. The van der Waals surface area contributed by atoms with Crippen LogP contribution in [0.2, 0.25) is 0 Å². The second kappa shape index (κ2) is 7.36. The Kier molecular flexibility index (Phi) is 5.33. The molecule has 2 N–H and O–H groups in total. The van der Waals surface area contributed by atoms with Crippen molar-refractivity contribution in [3.63, 3.8) is 0 Å². The van der Waals surface area contributed by atoms with Gasteiger partial charge in [0.15, 0.2) is 9.84 Å². The number of hydrazine groups is 1. The zero-order chi connectivity index (χ0) is 18.9. The fraction of sp³-hybridized carbons (Fsp3) is 0.438. The quantitative estimate of drug-likeness (QED) is 0.649. The van der Waals surface area contributed by atoms with Gasteiger partial charge in [-0.05, 0) is 30.7 Å². The van der Waals surface area contributed by atoms with Crippen LogP contribution in [0, 0.1) is 5.92 Å². The van der Waals surface area contributed by atoms with Crippen molar-refractivity contribution in [2.75, 3.05) is 18.1 Å². The second-order valence-electron chi connectivity index (χ2n) is 6.45. The number of nitrogens with zero attached hydrogens (tertiary/aromatic N) is 1. The summed E-state index contributed by atoms with van der Waals surface area (Å²) in [5.41, 5.74) is 5.05. The Hall–Kier alpha value is -1.94. The molecular weight excluding hydrogens is 426 g/mol. The lowest BCUT2D eigenvalue weighted by atomic mass is 10.1. The van der Waals surface area contributed by atoms with E-state index < -0.39 is 27.6 Å². The summed E-state index contributed by atoms with van der Waals surface area (Å²) in [7, 11) is -3.10. The van der Waals surface area contributed by atoms with Crippen molar-refractivity contribution < 1.29 is 22.8 Å². The minimum atomic E-state index is -3.10. The number of carbonyl (C=O) groups is 3. The standard InChI is InChI=1S/C16H18BrN3O5S/c17-12-3-1-10(2-4-12)15(22)18-19-16(23)11-7-14(21)20(8-11)13-5-6-26(24,25)9-13/h1-4,11,13H,5-9H2,(H,18,22)(H,19,23). The molecule has 2 heterocycles. The summed E-state index contributed by atoms with van der Waals surface area (Å²) in [5, 5.41) is 0. The molecule has 0 bridgehead atoms. The third-order valence-corrected chi connectivity index (χ3v) is 6.86. The summed E-state index contributed by atoms with van der Waals surface area (Å²) in [6.45, 7) is 0.166. The van der Waals surface area contributed by atoms with Crippen molar-refractivity contribution in [2.24, 2.45) is 5.92 Å². The van der Waals surface area contributed by atoms with Gasteiger partial charge in [0.25, 0.3) is 5.91 Å². The minimum absolute atomic E-state index is 0.0105. The van der Waals surface area contributed by atoms with Gasteiger partial charge in [-0.1, -0.05) is 15.9 Å². The van der Waals surface area contributed by atoms with Gasteiger partial charge < -0.3 is 4.90 Å². The normalized spacial score (nSPS) is 24.5. The molecule has 0 spiro atoms. The molecule has 2 saturated heterocycles. The average Bonchev–Trinajstić information content (AvgIpc) is 3.15. The van der Waals surface area contributed by atoms with Crippen LogP contribution in [0.5, 0.6) is 0 Å². The van der Waals surface area contributed by atoms with E-state index in [1.165, 1.54) is 4.90 Å². The van der Waals surface area contributed by atoms with E-state index >= 15 is 0 Å². The highest BCUT2D eigenvalue weighted by molar-refractivity contribution is 9.10. The SMILES string of the molecule is O=C(NNC(=O)C1CC(=O)N(C2CCS(=O)(=O)C2)C1)c1ccc(Br)cc1. The highest BCUT2D eigenvalue weighted by Gasteiger charge is 2.41. The van der Waals surface area contributed by atoms with Crippen molar-refractivity contribution >= 4 is 43.5 Å². The minimum Gasteiger partial charge on any atom is -0.338 e. The predicted molar refractivity (Wildman–Crippen MR) is 96.6 cm³/mol. The van der Waals surface area contributed by atoms with E-state index in [1.54, 1.807) is 24.3 Å². The first-order chi connectivity index (χ1) is 12.2. The number of amides is 3. The molecule has 2 fully saturated rings. The molecule has 3 amide bonds. The van der Waals surface area contributed by atoms with E-state index in [0.717, 1.165) is 4.47 Å². The van der Waals surface area contributed by atoms with Crippen LogP contribution < -0.4 is 10.9 Å². The molecule has 0 aromatic heterocycles. The molecule has 0 saturated carbocycles. The topological polar surface area (TPSA) is 113 Å². The van der Waals surface area contributed by atoms with Crippen LogP contribution in [0.1, 0.15) is 23.2 Å². The third kappa shape index (κ3) is 4.24. The largest absolute Gasteiger partial charge is 0.338 e. The highest BCUT2D eigenvalue weighted by atomic mass is 79.9. The van der Waals surface area contributed by atoms with Crippen LogP contribution in [-0.4, -0.2) is 55.1 Å². The molecule has 2 aliphatic heterocycles. The maximum Gasteiger partial charge on any atom is 0.269 e. The van der Waals surface area contributed by atoms with E-state index in [0.29, 0.717) is 12.0 Å². The van der Waals surface area contributed by atoms with Gasteiger partial charge in [0.1, 0.15) is 0 Å². The maximum atomic E-state index is 12.2. The number of sulfone groups is 1. The van der Waals surface area contributed by atoms with E-state index in [1.807, 2.05) is 0 Å². The average molecular weight is 444 g/mol. The van der Waals surface area contributed by atoms with E-state index in [4.69, 9.17) is 0 Å². The van der Waals surface area contributed by atoms with Crippen LogP contribution in [-0.2, 0) is 19.4 Å². The first kappa shape index (κ1) is 18.8. The molecule has 0 radical (unpaired) electrons. The summed E-state index contributed by atoms with van der Waals surface area (Å²) in [6.07, 6.45) is 0.416. The molecule has 10 heteroatoms. The van der Waals surface area contributed by atoms with Gasteiger partial charge in [-0.2, -0.15) is 0 Å². The van der Waals surface area contributed by atoms with Crippen LogP contribution in [0.4, 0.5) is 0 Å². The van der Waals surface area contributed by atoms with Crippen molar-refractivity contribution in [1.29, 1.82) is 0 Å². The summed E-state index contributed by atoms with van der Waals surface area (Å²) in [5.74, 6) is -1.75. The second-order valence-corrected chi connectivity index (χ2v) is 9.60. The molecule has 140 valence electrons. The van der Waals surface area contributed by atoms with Gasteiger partial charge in [0, 0.05) is 29.0 Å². The highest BCUT2D eigenvalue weighted by Crippen LogP contribution is 2.26. The molecule has 2 aliphatic rings. The summed E-state index contributed by atoms with van der Waals surface area (Å²) in [6, 6.07) is 6.27. The number of rotatable bonds is 3. The Bertz CT molecular complexity index is 840. The van der Waals surface area contributed by atoms with Crippen molar-refractivity contribution in [1.82, 2.24) is 15.8 Å².